The van der Waals surface area contributed by atoms with Crippen LogP contribution in [0.3, 0.4) is 0 Å². The van der Waals surface area contributed by atoms with Gasteiger partial charge in [0.05, 0.1) is 46.7 Å². The molecule has 7 nitrogen and oxygen atoms in total. The summed E-state index contributed by atoms with van der Waals surface area (Å²) in [7, 11) is 0. The van der Waals surface area contributed by atoms with Crippen molar-refractivity contribution in [3.8, 4) is 6.07 Å². The van der Waals surface area contributed by atoms with Crippen LogP contribution in [0.2, 0.25) is 0 Å². The summed E-state index contributed by atoms with van der Waals surface area (Å²) in [6, 6.07) is 4.03. The molecule has 10 heteroatoms. The van der Waals surface area contributed by atoms with Gasteiger partial charge in [-0.2, -0.15) is 18.4 Å². The molecule has 1 aromatic carbocycles. The Morgan fingerprint density at radius 1 is 1.31 bits per heavy atom. The van der Waals surface area contributed by atoms with Gasteiger partial charge in [0.1, 0.15) is 0 Å². The largest absolute Gasteiger partial charge is 0.417 e. The van der Waals surface area contributed by atoms with Gasteiger partial charge < -0.3 is 9.84 Å². The maximum Gasteiger partial charge on any atom is 0.417 e. The number of ether oxygens (including phenoxy) is 1. The number of carbonyl (C=O) groups is 2. The molecule has 5 atom stereocenters. The number of nitriles is 1. The molecule has 2 unspecified atom stereocenters. The lowest BCUT2D eigenvalue weighted by molar-refractivity contribution is -0.140. The van der Waals surface area contributed by atoms with E-state index in [1.54, 1.807) is 0 Å². The minimum atomic E-state index is -4.85. The Labute approximate surface area is 163 Å². The van der Waals surface area contributed by atoms with Crippen molar-refractivity contribution in [2.24, 2.45) is 11.8 Å². The minimum Gasteiger partial charge on any atom is -0.356 e. The molecule has 0 radical (unpaired) electrons. The molecule has 0 saturated carbocycles. The molecule has 4 rings (SSSR count). The fraction of sp³-hybridized carbons (Fsp3) is 0.474. The molecule has 150 valence electrons. The molecule has 3 fully saturated rings. The maximum atomic E-state index is 13.3. The molecule has 3 heterocycles. The van der Waals surface area contributed by atoms with Gasteiger partial charge in [-0.05, 0) is 32.0 Å². The molecule has 3 saturated heterocycles. The Hall–Kier alpha value is -2.95. The summed E-state index contributed by atoms with van der Waals surface area (Å²) in [6.45, 7) is 10.2. The number of imide groups is 1. The van der Waals surface area contributed by atoms with E-state index in [1.165, 1.54) is 19.9 Å². The topological polar surface area (TPSA) is 95.0 Å². The molecule has 0 aliphatic carbocycles. The van der Waals surface area contributed by atoms with Gasteiger partial charge in [0.15, 0.2) is 5.60 Å². The third kappa shape index (κ3) is 2.18. The Kier molecular flexibility index (Phi) is 3.57. The van der Waals surface area contributed by atoms with Crippen LogP contribution in [-0.4, -0.2) is 33.8 Å². The first-order chi connectivity index (χ1) is 13.3. The monoisotopic (exact) mass is 405 g/mol. The molecule has 2 bridgehead atoms. The fourth-order valence-electron chi connectivity index (χ4n) is 5.00. The predicted molar refractivity (Wildman–Crippen MR) is 89.7 cm³/mol. The number of hydrogen-bond acceptors (Lipinski definition) is 5. The normalized spacial score (nSPS) is 38.1. The first kappa shape index (κ1) is 19.4. The number of halogens is 3. The summed E-state index contributed by atoms with van der Waals surface area (Å²) in [5.74, 6) is -3.84. The van der Waals surface area contributed by atoms with Crippen molar-refractivity contribution in [1.29, 1.82) is 5.26 Å². The molecule has 1 aromatic rings. The number of rotatable bonds is 1. The number of amides is 2. The average Bonchev–Trinajstić information content (AvgIpc) is 3.13. The molecule has 2 amide bonds. The second-order valence-corrected chi connectivity index (χ2v) is 7.93. The summed E-state index contributed by atoms with van der Waals surface area (Å²) in [5.41, 5.74) is -7.22. The van der Waals surface area contributed by atoms with Crippen LogP contribution >= 0.6 is 0 Å². The van der Waals surface area contributed by atoms with E-state index in [-0.39, 0.29) is 12.1 Å². The van der Waals surface area contributed by atoms with Gasteiger partial charge >= 0.3 is 11.9 Å². The molecule has 0 aromatic heterocycles. The number of carbonyl (C=O) groups excluding carboxylic acids is 2. The number of nitrogens with zero attached hydrogens (tertiary/aromatic N) is 3. The van der Waals surface area contributed by atoms with Crippen LogP contribution in [0.1, 0.15) is 31.4 Å². The molecule has 3 aliphatic rings. The molecular formula is C19H14F3N3O4. The molecule has 29 heavy (non-hydrogen) atoms. The van der Waals surface area contributed by atoms with E-state index >= 15 is 0 Å². The van der Waals surface area contributed by atoms with Crippen LogP contribution in [-0.2, 0) is 20.5 Å². The third-order valence-corrected chi connectivity index (χ3v) is 6.27. The second-order valence-electron chi connectivity index (χ2n) is 7.93. The Morgan fingerprint density at radius 2 is 1.93 bits per heavy atom. The Morgan fingerprint density at radius 3 is 2.48 bits per heavy atom. The number of fused-ring (bicyclic) bond motifs is 5. The van der Waals surface area contributed by atoms with Crippen LogP contribution < -0.4 is 4.90 Å². The van der Waals surface area contributed by atoms with Gasteiger partial charge in [-0.15, -0.1) is 0 Å². The van der Waals surface area contributed by atoms with Crippen molar-refractivity contribution in [3.05, 3.63) is 40.7 Å². The van der Waals surface area contributed by atoms with Gasteiger partial charge in [-0.1, -0.05) is 0 Å². The van der Waals surface area contributed by atoms with Crippen molar-refractivity contribution in [3.63, 3.8) is 0 Å². The smallest absolute Gasteiger partial charge is 0.356 e. The van der Waals surface area contributed by atoms with E-state index < -0.39 is 57.9 Å². The highest BCUT2D eigenvalue weighted by atomic mass is 19.4. The highest BCUT2D eigenvalue weighted by molar-refractivity contribution is 6.23. The van der Waals surface area contributed by atoms with E-state index in [1.807, 2.05) is 0 Å². The number of benzene rings is 1. The van der Waals surface area contributed by atoms with Crippen LogP contribution in [0, 0.1) is 29.7 Å². The summed E-state index contributed by atoms with van der Waals surface area (Å²) < 4.78 is 45.7. The van der Waals surface area contributed by atoms with Gasteiger partial charge in [-0.25, -0.2) is 11.5 Å². The minimum absolute atomic E-state index is 0.199. The molecule has 3 aliphatic heterocycles. The zero-order valence-corrected chi connectivity index (χ0v) is 15.2. The van der Waals surface area contributed by atoms with Crippen LogP contribution in [0.25, 0.3) is 4.85 Å². The molecule has 1 N–H and O–H groups in total. The van der Waals surface area contributed by atoms with Gasteiger partial charge in [0, 0.05) is 0 Å². The lowest BCUT2D eigenvalue weighted by Gasteiger charge is -2.33. The number of aliphatic hydroxyl groups is 1. The fourth-order valence-corrected chi connectivity index (χ4v) is 5.00. The van der Waals surface area contributed by atoms with Crippen molar-refractivity contribution < 1.29 is 32.6 Å². The van der Waals surface area contributed by atoms with E-state index in [2.05, 4.69) is 4.85 Å². The van der Waals surface area contributed by atoms with E-state index in [0.717, 1.165) is 12.1 Å². The van der Waals surface area contributed by atoms with Crippen molar-refractivity contribution in [2.75, 3.05) is 4.90 Å². The predicted octanol–water partition coefficient (Wildman–Crippen LogP) is 2.24. The van der Waals surface area contributed by atoms with Crippen molar-refractivity contribution in [1.82, 2.24) is 0 Å². The first-order valence-corrected chi connectivity index (χ1v) is 8.63. The quantitative estimate of drug-likeness (QED) is 0.571. The summed E-state index contributed by atoms with van der Waals surface area (Å²) >= 11 is 0. The first-order valence-electron chi connectivity index (χ1n) is 8.63. The van der Waals surface area contributed by atoms with E-state index in [9.17, 15) is 27.9 Å². The standard InChI is InChI=1S/C19H14F3N3O4/c1-16-8-18(28,24-3)17(2,29-16)13-12(16)14(26)25(15(13)27)10-5-4-9(7-23)11(6-10)19(20,21)22/h4-6,12-13,28H,8H2,1-2H3/t12-,13+,16?,17?,18+/m1/s1. The zero-order valence-electron chi connectivity index (χ0n) is 15.2. The highest BCUT2D eigenvalue weighted by Crippen LogP contribution is 2.65. The van der Waals surface area contributed by atoms with Crippen LogP contribution in [0.15, 0.2) is 18.2 Å². The van der Waals surface area contributed by atoms with Gasteiger partial charge in [-0.3, -0.25) is 14.4 Å². The number of anilines is 1. The summed E-state index contributed by atoms with van der Waals surface area (Å²) in [4.78, 5) is 30.0. The maximum absolute atomic E-state index is 13.3. The Balaban J connectivity index is 1.83. The van der Waals surface area contributed by atoms with Crippen molar-refractivity contribution in [2.45, 2.75) is 43.4 Å². The number of hydrogen-bond donors (Lipinski definition) is 1. The van der Waals surface area contributed by atoms with Gasteiger partial charge in [0.25, 0.3) is 0 Å². The summed E-state index contributed by atoms with van der Waals surface area (Å²) in [6.07, 6.45) is -5.05. The van der Waals surface area contributed by atoms with Crippen LogP contribution in [0.4, 0.5) is 18.9 Å². The highest BCUT2D eigenvalue weighted by Gasteiger charge is 2.84. The lowest BCUT2D eigenvalue weighted by atomic mass is 9.65. The molecular weight excluding hydrogens is 391 g/mol. The van der Waals surface area contributed by atoms with Crippen LogP contribution in [0.5, 0.6) is 0 Å². The Bertz CT molecular complexity index is 1060. The van der Waals surface area contributed by atoms with E-state index in [4.69, 9.17) is 16.6 Å². The summed E-state index contributed by atoms with van der Waals surface area (Å²) in [5, 5.41) is 19.6. The zero-order chi connectivity index (χ0) is 21.6. The van der Waals surface area contributed by atoms with Gasteiger partial charge in [0.2, 0.25) is 11.8 Å². The lowest BCUT2D eigenvalue weighted by Crippen LogP contribution is -2.56. The third-order valence-electron chi connectivity index (χ3n) is 6.27. The average molecular weight is 405 g/mol. The second kappa shape index (κ2) is 5.35. The molecule has 0 spiro atoms. The SMILES string of the molecule is [C-]#[N+][C@]1(O)CC2(C)OC1(C)[C@@H]1C(=O)N(c3ccc(C#N)c(C(F)(F)F)c3)C(=O)[C@@H]12. The number of alkyl halides is 3. The van der Waals surface area contributed by atoms with E-state index in [0.29, 0.717) is 11.0 Å². The van der Waals surface area contributed by atoms with Crippen molar-refractivity contribution >= 4 is 17.5 Å².